The predicted octanol–water partition coefficient (Wildman–Crippen LogP) is 5.62. The molecule has 2 nitrogen and oxygen atoms in total. The minimum atomic E-state index is 0.590. The predicted molar refractivity (Wildman–Crippen MR) is 132 cm³/mol. The van der Waals surface area contributed by atoms with E-state index in [1.54, 1.807) is 7.11 Å². The van der Waals surface area contributed by atoms with Gasteiger partial charge in [-0.1, -0.05) is 73.1 Å². The van der Waals surface area contributed by atoms with Gasteiger partial charge in [0, 0.05) is 37.9 Å². The highest BCUT2D eigenvalue weighted by molar-refractivity contribution is 5.39. The van der Waals surface area contributed by atoms with Gasteiger partial charge in [-0.05, 0) is 47.8 Å². The summed E-state index contributed by atoms with van der Waals surface area (Å²) in [4.78, 5) is 2.37. The zero-order chi connectivity index (χ0) is 22.5. The smallest absolute Gasteiger partial charge is 0.0709 e. The molecular weight excluding hydrogens is 378 g/mol. The van der Waals surface area contributed by atoms with Crippen molar-refractivity contribution in [2.24, 2.45) is 0 Å². The lowest BCUT2D eigenvalue weighted by molar-refractivity contribution is 0.228. The number of ether oxygens (including phenoxy) is 1. The number of benzene rings is 1. The maximum Gasteiger partial charge on any atom is 0.0709 e. The Bertz CT molecular complexity index is 985. The van der Waals surface area contributed by atoms with Crippen LogP contribution in [0.3, 0.4) is 0 Å². The van der Waals surface area contributed by atoms with Crippen LogP contribution in [0.25, 0.3) is 0 Å². The van der Waals surface area contributed by atoms with Crippen LogP contribution in [0.15, 0.2) is 95.7 Å². The van der Waals surface area contributed by atoms with E-state index in [1.165, 1.54) is 11.1 Å². The molecule has 0 radical (unpaired) electrons. The molecule has 0 atom stereocenters. The summed E-state index contributed by atoms with van der Waals surface area (Å²) in [6.45, 7) is 9.20. The maximum absolute atomic E-state index is 5.56. The van der Waals surface area contributed by atoms with Crippen LogP contribution in [-0.4, -0.2) is 31.7 Å². The molecule has 2 rings (SSSR count). The van der Waals surface area contributed by atoms with E-state index >= 15 is 0 Å². The third-order valence-electron chi connectivity index (χ3n) is 4.93. The number of hydrogen-bond acceptors (Lipinski definition) is 2. The molecule has 0 heterocycles. The van der Waals surface area contributed by atoms with Gasteiger partial charge < -0.3 is 4.74 Å². The first-order chi connectivity index (χ1) is 15.1. The normalized spacial score (nSPS) is 14.0. The van der Waals surface area contributed by atoms with E-state index in [0.29, 0.717) is 6.61 Å². The summed E-state index contributed by atoms with van der Waals surface area (Å²) in [7, 11) is 1.70. The molecule has 158 valence electrons. The zero-order valence-electron chi connectivity index (χ0n) is 18.6. The van der Waals surface area contributed by atoms with Crippen molar-refractivity contribution in [3.05, 3.63) is 107 Å². The van der Waals surface area contributed by atoms with Crippen molar-refractivity contribution in [3.8, 4) is 24.7 Å². The van der Waals surface area contributed by atoms with Crippen molar-refractivity contribution in [2.75, 3.05) is 26.8 Å². The summed E-state index contributed by atoms with van der Waals surface area (Å²) in [5, 5.41) is 0. The Morgan fingerprint density at radius 2 is 1.90 bits per heavy atom. The molecule has 31 heavy (non-hydrogen) atoms. The van der Waals surface area contributed by atoms with Crippen LogP contribution in [0.4, 0.5) is 0 Å². The summed E-state index contributed by atoms with van der Waals surface area (Å²) < 4.78 is 5.23. The molecule has 0 saturated carbocycles. The number of nitrogens with zero attached hydrogens (tertiary/aromatic N) is 1. The molecule has 0 unspecified atom stereocenters. The second-order valence-electron chi connectivity index (χ2n) is 7.46. The van der Waals surface area contributed by atoms with E-state index in [1.807, 2.05) is 25.1 Å². The fourth-order valence-electron chi connectivity index (χ4n) is 3.23. The van der Waals surface area contributed by atoms with Gasteiger partial charge in [0.05, 0.1) is 6.61 Å². The van der Waals surface area contributed by atoms with Crippen molar-refractivity contribution in [1.29, 1.82) is 0 Å². The van der Waals surface area contributed by atoms with Crippen molar-refractivity contribution < 1.29 is 4.74 Å². The Balaban J connectivity index is 2.16. The number of hydrogen-bond donors (Lipinski definition) is 0. The molecule has 0 fully saturated rings. The lowest BCUT2D eigenvalue weighted by atomic mass is 10.1. The first kappa shape index (κ1) is 24.0. The third kappa shape index (κ3) is 8.53. The highest BCUT2D eigenvalue weighted by Crippen LogP contribution is 2.16. The van der Waals surface area contributed by atoms with Crippen LogP contribution in [0.2, 0.25) is 0 Å². The molecule has 1 aliphatic carbocycles. The van der Waals surface area contributed by atoms with Crippen molar-refractivity contribution in [3.63, 3.8) is 0 Å². The zero-order valence-corrected chi connectivity index (χ0v) is 18.6. The first-order valence-corrected chi connectivity index (χ1v) is 10.4. The minimum absolute atomic E-state index is 0.590. The first-order valence-electron chi connectivity index (χ1n) is 10.4. The van der Waals surface area contributed by atoms with E-state index in [4.69, 9.17) is 17.6 Å². The van der Waals surface area contributed by atoms with Gasteiger partial charge in [0.25, 0.3) is 0 Å². The lowest BCUT2D eigenvalue weighted by Gasteiger charge is -2.23. The summed E-state index contributed by atoms with van der Waals surface area (Å²) >= 11 is 0. The number of rotatable bonds is 10. The van der Waals surface area contributed by atoms with E-state index < -0.39 is 0 Å². The van der Waals surface area contributed by atoms with E-state index in [9.17, 15) is 0 Å². The van der Waals surface area contributed by atoms with E-state index in [-0.39, 0.29) is 0 Å². The second kappa shape index (κ2) is 13.1. The maximum atomic E-state index is 5.56. The topological polar surface area (TPSA) is 12.5 Å². The molecule has 0 aliphatic heterocycles. The minimum Gasteiger partial charge on any atom is -0.380 e. The molecule has 0 saturated heterocycles. The Labute approximate surface area is 188 Å². The number of methoxy groups -OCH3 is 1. The SMILES string of the molecule is C#CC1=CC=C(CN(CC(=C)/C=C\C(=C/C)COC)Cc2ccc(C#C)cc2)C=CC1. The van der Waals surface area contributed by atoms with Gasteiger partial charge in [-0.3, -0.25) is 4.90 Å². The van der Waals surface area contributed by atoms with Crippen molar-refractivity contribution >= 4 is 0 Å². The molecule has 0 bridgehead atoms. The number of terminal acetylenes is 2. The van der Waals surface area contributed by atoms with Crippen molar-refractivity contribution in [2.45, 2.75) is 19.9 Å². The monoisotopic (exact) mass is 409 g/mol. The Morgan fingerprint density at radius 3 is 2.55 bits per heavy atom. The molecule has 2 heteroatoms. The van der Waals surface area contributed by atoms with E-state index in [0.717, 1.165) is 48.3 Å². The van der Waals surface area contributed by atoms with Gasteiger partial charge in [-0.2, -0.15) is 0 Å². The highest BCUT2D eigenvalue weighted by Gasteiger charge is 2.10. The summed E-state index contributed by atoms with van der Waals surface area (Å²) in [6.07, 6.45) is 26.5. The molecule has 1 aromatic carbocycles. The van der Waals surface area contributed by atoms with Crippen LogP contribution >= 0.6 is 0 Å². The summed E-state index contributed by atoms with van der Waals surface area (Å²) in [6, 6.07) is 8.14. The van der Waals surface area contributed by atoms with Gasteiger partial charge in [0.2, 0.25) is 0 Å². The van der Waals surface area contributed by atoms with E-state index in [2.05, 4.69) is 71.9 Å². The average Bonchev–Trinajstić information content (AvgIpc) is 3.02. The van der Waals surface area contributed by atoms with Crippen LogP contribution < -0.4 is 0 Å². The Hall–Kier alpha value is -3.30. The lowest BCUT2D eigenvalue weighted by Crippen LogP contribution is -2.27. The fourth-order valence-corrected chi connectivity index (χ4v) is 3.23. The van der Waals surface area contributed by atoms with Gasteiger partial charge in [0.15, 0.2) is 0 Å². The fraction of sp³-hybridized carbons (Fsp3) is 0.241. The Kier molecular flexibility index (Phi) is 10.1. The van der Waals surface area contributed by atoms with Crippen molar-refractivity contribution in [1.82, 2.24) is 4.90 Å². The molecule has 0 N–H and O–H groups in total. The molecule has 1 aliphatic rings. The van der Waals surface area contributed by atoms with Crippen LogP contribution in [0.1, 0.15) is 24.5 Å². The largest absolute Gasteiger partial charge is 0.380 e. The summed E-state index contributed by atoms with van der Waals surface area (Å²) in [5.41, 5.74) is 6.47. The number of allylic oxidation sites excluding steroid dienone is 5. The molecule has 0 amide bonds. The highest BCUT2D eigenvalue weighted by atomic mass is 16.5. The second-order valence-corrected chi connectivity index (χ2v) is 7.46. The van der Waals surface area contributed by atoms with Gasteiger partial charge in [-0.15, -0.1) is 12.8 Å². The molecule has 1 aromatic rings. The molecule has 0 spiro atoms. The molecule has 0 aromatic heterocycles. The molecular formula is C29H31NO. The van der Waals surface area contributed by atoms with Gasteiger partial charge in [0.1, 0.15) is 0 Å². The van der Waals surface area contributed by atoms with Crippen LogP contribution in [-0.2, 0) is 11.3 Å². The standard InChI is InChI=1S/C29H31NO/c1-6-25-10-9-11-28(17-14-25)21-30(22-29-18-15-26(7-2)16-19-29)20-24(4)12-13-27(8-3)23-31-5/h1-2,8-9,11-19H,4,10,20-23H2,3,5H3/b13-12-,27-8+. The Morgan fingerprint density at radius 1 is 1.13 bits per heavy atom. The summed E-state index contributed by atoms with van der Waals surface area (Å²) in [5.74, 6) is 5.41. The third-order valence-corrected chi connectivity index (χ3v) is 4.93. The quantitative estimate of drug-likeness (QED) is 0.367. The van der Waals surface area contributed by atoms with Gasteiger partial charge >= 0.3 is 0 Å². The van der Waals surface area contributed by atoms with Gasteiger partial charge in [-0.25, -0.2) is 0 Å². The van der Waals surface area contributed by atoms with Crippen LogP contribution in [0, 0.1) is 24.7 Å². The average molecular weight is 410 g/mol. The van der Waals surface area contributed by atoms with Crippen LogP contribution in [0.5, 0.6) is 0 Å².